The summed E-state index contributed by atoms with van der Waals surface area (Å²) in [6.07, 6.45) is 8.61. The molecule has 1 aromatic heterocycles. The third-order valence-electron chi connectivity index (χ3n) is 9.97. The molecule has 4 aromatic carbocycles. The Bertz CT molecular complexity index is 1730. The zero-order chi connectivity index (χ0) is 41.5. The molecule has 2 atom stereocenters. The smallest absolute Gasteiger partial charge is 0.339 e. The van der Waals surface area contributed by atoms with Crippen molar-refractivity contribution in [1.82, 2.24) is 15.4 Å². The van der Waals surface area contributed by atoms with Gasteiger partial charge in [0.05, 0.1) is 24.3 Å². The van der Waals surface area contributed by atoms with Crippen molar-refractivity contribution >= 4 is 23.0 Å². The zero-order valence-corrected chi connectivity index (χ0v) is 35.5. The van der Waals surface area contributed by atoms with Gasteiger partial charge in [-0.15, -0.1) is 0 Å². The maximum atomic E-state index is 12.6. The van der Waals surface area contributed by atoms with Crippen LogP contribution >= 0.6 is 0 Å². The second-order valence-electron chi connectivity index (χ2n) is 15.3. The number of aromatic nitrogens is 3. The number of hydrogen-bond acceptors (Lipinski definition) is 8. The fourth-order valence-corrected chi connectivity index (χ4v) is 5.95. The van der Waals surface area contributed by atoms with Gasteiger partial charge in [-0.3, -0.25) is 0 Å². The van der Waals surface area contributed by atoms with Crippen LogP contribution in [-0.4, -0.2) is 40.6 Å². The Morgan fingerprint density at radius 3 is 1.25 bits per heavy atom. The summed E-state index contributed by atoms with van der Waals surface area (Å²) in [4.78, 5) is 36.6. The molecule has 1 N–H and O–H groups in total. The minimum Gasteiger partial charge on any atom is -0.462 e. The molecule has 1 heterocycles. The third kappa shape index (κ3) is 15.9. The van der Waals surface area contributed by atoms with E-state index in [1.165, 1.54) is 0 Å². The second kappa shape index (κ2) is 24.7. The van der Waals surface area contributed by atoms with E-state index in [1.54, 1.807) is 24.3 Å². The van der Waals surface area contributed by atoms with Crippen LogP contribution in [0.2, 0.25) is 0 Å². The molecule has 0 radical (unpaired) electrons. The average Bonchev–Trinajstić information content (AvgIpc) is 3.73. The molecule has 0 fully saturated rings. The Morgan fingerprint density at radius 1 is 0.544 bits per heavy atom. The number of nitrogens with one attached hydrogen (secondary N) is 1. The van der Waals surface area contributed by atoms with Gasteiger partial charge < -0.3 is 9.47 Å². The zero-order valence-electron chi connectivity index (χ0n) is 35.5. The van der Waals surface area contributed by atoms with Crippen LogP contribution in [0.1, 0.15) is 139 Å². The van der Waals surface area contributed by atoms with Crippen molar-refractivity contribution in [2.24, 2.45) is 11.8 Å². The number of para-hydroxylation sites is 2. The van der Waals surface area contributed by atoms with E-state index >= 15 is 0 Å². The maximum Gasteiger partial charge on any atom is 0.339 e. The Kier molecular flexibility index (Phi) is 20.2. The van der Waals surface area contributed by atoms with Crippen LogP contribution in [0.3, 0.4) is 0 Å². The maximum absolute atomic E-state index is 12.6. The summed E-state index contributed by atoms with van der Waals surface area (Å²) >= 11 is 0. The van der Waals surface area contributed by atoms with Crippen molar-refractivity contribution in [3.63, 3.8) is 0 Å². The largest absolute Gasteiger partial charge is 0.462 e. The number of esters is 2. The Balaban J connectivity index is 0.000000257. The molecule has 0 aliphatic heterocycles. The molecule has 0 amide bonds. The fourth-order valence-electron chi connectivity index (χ4n) is 5.95. The molecular weight excluding hydrogens is 715 g/mol. The Labute approximate surface area is 340 Å². The lowest BCUT2D eigenvalue weighted by molar-refractivity contribution is -0.410. The number of aromatic amines is 1. The molecule has 2 unspecified atom stereocenters. The highest BCUT2D eigenvalue weighted by molar-refractivity contribution is 6.03. The van der Waals surface area contributed by atoms with Crippen molar-refractivity contribution in [3.8, 4) is 0 Å². The van der Waals surface area contributed by atoms with Gasteiger partial charge in [0, 0.05) is 0 Å². The molecule has 0 saturated heterocycles. The van der Waals surface area contributed by atoms with E-state index in [2.05, 4.69) is 43.1 Å². The number of ether oxygens (including phenoxy) is 2. The fraction of sp³-hybridized carbons (Fsp3) is 0.458. The number of rotatable bonds is 19. The van der Waals surface area contributed by atoms with Gasteiger partial charge in [-0.1, -0.05) is 151 Å². The quantitative estimate of drug-likeness (QED) is 0.0501. The van der Waals surface area contributed by atoms with Gasteiger partial charge in [-0.05, 0) is 87.8 Å². The number of nitrogens with zero attached hydrogens (tertiary/aromatic N) is 2. The molecule has 9 nitrogen and oxygen atoms in total. The van der Waals surface area contributed by atoms with Crippen LogP contribution in [0.4, 0.5) is 0 Å². The van der Waals surface area contributed by atoms with E-state index in [0.29, 0.717) is 36.2 Å². The lowest BCUT2D eigenvalue weighted by atomic mass is 9.98. The van der Waals surface area contributed by atoms with Gasteiger partial charge in [0.1, 0.15) is 22.2 Å². The van der Waals surface area contributed by atoms with Gasteiger partial charge in [0.2, 0.25) is 0 Å². The standard InChI is InChI=1S/C24H38O4.C18H22O2.C6H5N3/c1-5-9-13-19(7-3)17-27-23(25)21-15-11-12-16-22(21)24(26)28-18-20(8-4)14-10-6-2;1-17(2,15-11-7-5-8-12-15)19-20-18(3,4)16-13-9-6-10-14-16;1-2-4-6-5(3-1)7-9-8-6/h11-12,15-16,19-20H,5-10,13-14,17-18H2,1-4H3;5-14H,1-4H3;1-4H,(H,7,8,9). The van der Waals surface area contributed by atoms with Crippen molar-refractivity contribution in [2.45, 2.75) is 118 Å². The predicted octanol–water partition coefficient (Wildman–Crippen LogP) is 12.2. The van der Waals surface area contributed by atoms with E-state index in [9.17, 15) is 9.59 Å². The molecule has 9 heteroatoms. The summed E-state index contributed by atoms with van der Waals surface area (Å²) in [6, 6.07) is 34.6. The SMILES string of the molecule is CC(C)(OOC(C)(C)c1ccccc1)c1ccccc1.CCCCC(CC)COC(=O)c1ccccc1C(=O)OCC(CC)CCCC.c1ccc2n[nH]nc2c1. The molecule has 5 rings (SSSR count). The molecule has 0 saturated carbocycles. The summed E-state index contributed by atoms with van der Waals surface area (Å²) in [5.41, 5.74) is 3.60. The first-order valence-corrected chi connectivity index (χ1v) is 20.6. The van der Waals surface area contributed by atoms with E-state index in [0.717, 1.165) is 73.5 Å². The summed E-state index contributed by atoms with van der Waals surface area (Å²) in [7, 11) is 0. The first kappa shape index (κ1) is 46.5. The van der Waals surface area contributed by atoms with Crippen LogP contribution in [0.5, 0.6) is 0 Å². The van der Waals surface area contributed by atoms with Gasteiger partial charge in [-0.2, -0.15) is 15.4 Å². The summed E-state index contributed by atoms with van der Waals surface area (Å²) in [5.74, 6) is -0.153. The number of carbonyl (C=O) groups is 2. The first-order chi connectivity index (χ1) is 27.4. The second-order valence-corrected chi connectivity index (χ2v) is 15.3. The van der Waals surface area contributed by atoms with Gasteiger partial charge in [0.25, 0.3) is 0 Å². The van der Waals surface area contributed by atoms with Crippen LogP contribution in [0, 0.1) is 11.8 Å². The average molecular weight is 780 g/mol. The number of carbonyl (C=O) groups excluding carboxylic acids is 2. The van der Waals surface area contributed by atoms with E-state index < -0.39 is 23.1 Å². The Hall–Kier alpha value is -4.86. The molecule has 0 spiro atoms. The van der Waals surface area contributed by atoms with Crippen molar-refractivity contribution in [1.29, 1.82) is 0 Å². The predicted molar refractivity (Wildman–Crippen MR) is 229 cm³/mol. The highest BCUT2D eigenvalue weighted by atomic mass is 17.2. The molecule has 0 bridgehead atoms. The molecule has 5 aromatic rings. The van der Waals surface area contributed by atoms with E-state index in [-0.39, 0.29) is 0 Å². The van der Waals surface area contributed by atoms with Gasteiger partial charge in [-0.25, -0.2) is 19.4 Å². The monoisotopic (exact) mass is 779 g/mol. The minimum atomic E-state index is -0.493. The van der Waals surface area contributed by atoms with Crippen molar-refractivity contribution < 1.29 is 28.8 Å². The van der Waals surface area contributed by atoms with Crippen LogP contribution in [-0.2, 0) is 30.5 Å². The van der Waals surface area contributed by atoms with E-state index in [4.69, 9.17) is 19.2 Å². The van der Waals surface area contributed by atoms with Gasteiger partial charge >= 0.3 is 11.9 Å². The van der Waals surface area contributed by atoms with Crippen LogP contribution in [0.25, 0.3) is 11.0 Å². The number of fused-ring (bicyclic) bond motifs is 1. The topological polar surface area (TPSA) is 113 Å². The summed E-state index contributed by atoms with van der Waals surface area (Å²) < 4.78 is 11.0. The van der Waals surface area contributed by atoms with E-state index in [1.807, 2.05) is 113 Å². The third-order valence-corrected chi connectivity index (χ3v) is 9.97. The van der Waals surface area contributed by atoms with Gasteiger partial charge in [0.15, 0.2) is 0 Å². The summed E-state index contributed by atoms with van der Waals surface area (Å²) in [5, 5.41) is 10.3. The minimum absolute atomic E-state index is 0.291. The molecule has 0 aliphatic carbocycles. The van der Waals surface area contributed by atoms with Crippen molar-refractivity contribution in [3.05, 3.63) is 131 Å². The van der Waals surface area contributed by atoms with Crippen LogP contribution in [0.15, 0.2) is 109 Å². The van der Waals surface area contributed by atoms with Crippen LogP contribution < -0.4 is 0 Å². The molecular formula is C48H65N3O6. The highest BCUT2D eigenvalue weighted by Gasteiger charge is 2.29. The lowest BCUT2D eigenvalue weighted by Crippen LogP contribution is -2.29. The number of hydrogen-bond donors (Lipinski definition) is 1. The highest BCUT2D eigenvalue weighted by Crippen LogP contribution is 2.31. The normalized spacial score (nSPS) is 12.4. The first-order valence-electron chi connectivity index (χ1n) is 20.6. The van der Waals surface area contributed by atoms with Crippen molar-refractivity contribution in [2.75, 3.05) is 13.2 Å². The number of benzene rings is 4. The number of unbranched alkanes of at least 4 members (excludes halogenated alkanes) is 2. The molecule has 0 aliphatic rings. The molecule has 308 valence electrons. The summed E-state index contributed by atoms with van der Waals surface area (Å²) in [6.45, 7) is 17.4. The Morgan fingerprint density at radius 2 is 0.895 bits per heavy atom. The number of H-pyrrole nitrogens is 1. The lowest BCUT2D eigenvalue weighted by Gasteiger charge is -2.31. The molecule has 57 heavy (non-hydrogen) atoms.